The highest BCUT2D eigenvalue weighted by molar-refractivity contribution is 5.75. The molecule has 1 unspecified atom stereocenters. The maximum Gasteiger partial charge on any atom is 0.419 e. The Morgan fingerprint density at radius 2 is 2.00 bits per heavy atom. The lowest BCUT2D eigenvalue weighted by molar-refractivity contribution is -0.153. The first-order chi connectivity index (χ1) is 9.83. The molecule has 0 aliphatic carbocycles. The molecule has 0 saturated heterocycles. The summed E-state index contributed by atoms with van der Waals surface area (Å²) in [5.41, 5.74) is -0.921. The van der Waals surface area contributed by atoms with Crippen molar-refractivity contribution in [3.05, 3.63) is 29.3 Å². The summed E-state index contributed by atoms with van der Waals surface area (Å²) in [5, 5.41) is 8.92. The minimum Gasteiger partial charge on any atom is -0.478 e. The Morgan fingerprint density at radius 3 is 2.48 bits per heavy atom. The SMILES string of the molecule is CCOC(=O)C(CC)Oc1ccc(CO)cc1C(F)(F)F. The molecule has 118 valence electrons. The topological polar surface area (TPSA) is 55.8 Å². The lowest BCUT2D eigenvalue weighted by Gasteiger charge is -2.20. The monoisotopic (exact) mass is 306 g/mol. The van der Waals surface area contributed by atoms with Crippen LogP contribution in [-0.4, -0.2) is 23.8 Å². The van der Waals surface area contributed by atoms with Crippen LogP contribution in [-0.2, 0) is 22.3 Å². The van der Waals surface area contributed by atoms with Gasteiger partial charge >= 0.3 is 12.1 Å². The number of rotatable bonds is 6. The molecule has 0 fully saturated rings. The smallest absolute Gasteiger partial charge is 0.419 e. The van der Waals surface area contributed by atoms with Crippen molar-refractivity contribution in [1.29, 1.82) is 0 Å². The number of halogens is 3. The third-order valence-corrected chi connectivity index (χ3v) is 2.72. The van der Waals surface area contributed by atoms with E-state index < -0.39 is 36.2 Å². The molecule has 21 heavy (non-hydrogen) atoms. The fourth-order valence-electron chi connectivity index (χ4n) is 1.69. The normalized spacial score (nSPS) is 12.9. The van der Waals surface area contributed by atoms with Crippen LogP contribution in [0.1, 0.15) is 31.4 Å². The predicted molar refractivity (Wildman–Crippen MR) is 68.7 cm³/mol. The maximum atomic E-state index is 13.0. The molecular weight excluding hydrogens is 289 g/mol. The van der Waals surface area contributed by atoms with Gasteiger partial charge in [-0.1, -0.05) is 13.0 Å². The lowest BCUT2D eigenvalue weighted by Crippen LogP contribution is -2.29. The second kappa shape index (κ2) is 7.31. The van der Waals surface area contributed by atoms with Gasteiger partial charge in [0, 0.05) is 0 Å². The molecule has 0 radical (unpaired) electrons. The number of aliphatic hydroxyl groups is 1. The van der Waals surface area contributed by atoms with Gasteiger partial charge in [-0.3, -0.25) is 0 Å². The standard InChI is InChI=1S/C14H17F3O4/c1-3-11(13(19)20-4-2)21-12-6-5-9(8-18)7-10(12)14(15,16)17/h5-7,11,18H,3-4,8H2,1-2H3. The van der Waals surface area contributed by atoms with E-state index in [4.69, 9.17) is 14.6 Å². The zero-order chi connectivity index (χ0) is 16.0. The van der Waals surface area contributed by atoms with E-state index in [9.17, 15) is 18.0 Å². The van der Waals surface area contributed by atoms with Gasteiger partial charge in [0.05, 0.1) is 18.8 Å². The molecule has 7 heteroatoms. The molecule has 0 aliphatic rings. The highest BCUT2D eigenvalue weighted by Gasteiger charge is 2.36. The number of carbonyl (C=O) groups excluding carboxylic acids is 1. The van der Waals surface area contributed by atoms with E-state index in [1.807, 2.05) is 0 Å². The summed E-state index contributed by atoms with van der Waals surface area (Å²) in [7, 11) is 0. The van der Waals surface area contributed by atoms with Gasteiger partial charge in [0.25, 0.3) is 0 Å². The number of hydrogen-bond acceptors (Lipinski definition) is 4. The largest absolute Gasteiger partial charge is 0.478 e. The second-order valence-corrected chi connectivity index (χ2v) is 4.25. The molecule has 0 amide bonds. The number of ether oxygens (including phenoxy) is 2. The molecule has 0 heterocycles. The van der Waals surface area contributed by atoms with E-state index in [-0.39, 0.29) is 18.6 Å². The molecule has 1 rings (SSSR count). The summed E-state index contributed by atoms with van der Waals surface area (Å²) >= 11 is 0. The molecule has 1 atom stereocenters. The number of esters is 1. The van der Waals surface area contributed by atoms with E-state index in [1.54, 1.807) is 13.8 Å². The van der Waals surface area contributed by atoms with Gasteiger partial charge in [-0.2, -0.15) is 13.2 Å². The van der Waals surface area contributed by atoms with Crippen molar-refractivity contribution in [2.75, 3.05) is 6.61 Å². The van der Waals surface area contributed by atoms with Gasteiger partial charge in [-0.15, -0.1) is 0 Å². The summed E-state index contributed by atoms with van der Waals surface area (Å²) in [5.74, 6) is -1.17. The predicted octanol–water partition coefficient (Wildman–Crippen LogP) is 2.92. The fraction of sp³-hybridized carbons (Fsp3) is 0.500. The Kier molecular flexibility index (Phi) is 6.02. The van der Waals surface area contributed by atoms with Crippen molar-refractivity contribution in [1.82, 2.24) is 0 Å². The highest BCUT2D eigenvalue weighted by atomic mass is 19.4. The van der Waals surface area contributed by atoms with Gasteiger partial charge < -0.3 is 14.6 Å². The van der Waals surface area contributed by atoms with Crippen LogP contribution in [0.5, 0.6) is 5.75 Å². The van der Waals surface area contributed by atoms with Crippen molar-refractivity contribution in [2.45, 2.75) is 39.2 Å². The first-order valence-corrected chi connectivity index (χ1v) is 6.47. The van der Waals surface area contributed by atoms with Crippen LogP contribution in [0.4, 0.5) is 13.2 Å². The van der Waals surface area contributed by atoms with Crippen molar-refractivity contribution in [3.63, 3.8) is 0 Å². The maximum absolute atomic E-state index is 13.0. The third kappa shape index (κ3) is 4.63. The van der Waals surface area contributed by atoms with Crippen molar-refractivity contribution in [2.24, 2.45) is 0 Å². The first-order valence-electron chi connectivity index (χ1n) is 6.47. The molecule has 0 bridgehead atoms. The average Bonchev–Trinajstić information content (AvgIpc) is 2.43. The summed E-state index contributed by atoms with van der Waals surface area (Å²) < 4.78 is 48.9. The Morgan fingerprint density at radius 1 is 1.33 bits per heavy atom. The summed E-state index contributed by atoms with van der Waals surface area (Å²) in [4.78, 5) is 11.6. The molecule has 0 spiro atoms. The molecule has 0 aliphatic heterocycles. The first kappa shape index (κ1) is 17.3. The molecule has 1 aromatic rings. The van der Waals surface area contributed by atoms with Crippen LogP contribution >= 0.6 is 0 Å². The minimum atomic E-state index is -4.65. The molecule has 0 aromatic heterocycles. The molecule has 4 nitrogen and oxygen atoms in total. The van der Waals surface area contributed by atoms with Crippen molar-refractivity contribution in [3.8, 4) is 5.75 Å². The Labute approximate surface area is 120 Å². The van der Waals surface area contributed by atoms with E-state index >= 15 is 0 Å². The van der Waals surface area contributed by atoms with Gasteiger partial charge in [0.2, 0.25) is 0 Å². The summed E-state index contributed by atoms with van der Waals surface area (Å²) in [6.45, 7) is 2.81. The summed E-state index contributed by atoms with van der Waals surface area (Å²) in [6.07, 6.45) is -5.57. The van der Waals surface area contributed by atoms with Gasteiger partial charge in [0.1, 0.15) is 5.75 Å². The third-order valence-electron chi connectivity index (χ3n) is 2.72. The van der Waals surface area contributed by atoms with E-state index in [0.29, 0.717) is 0 Å². The Hall–Kier alpha value is -1.76. The Balaban J connectivity index is 3.09. The van der Waals surface area contributed by atoms with Crippen LogP contribution in [0.3, 0.4) is 0 Å². The van der Waals surface area contributed by atoms with Crippen LogP contribution < -0.4 is 4.74 Å². The number of hydrogen-bond donors (Lipinski definition) is 1. The highest BCUT2D eigenvalue weighted by Crippen LogP contribution is 2.37. The van der Waals surface area contributed by atoms with E-state index in [2.05, 4.69) is 0 Å². The second-order valence-electron chi connectivity index (χ2n) is 4.25. The van der Waals surface area contributed by atoms with Gasteiger partial charge in [-0.05, 0) is 31.0 Å². The fourth-order valence-corrected chi connectivity index (χ4v) is 1.69. The number of carbonyl (C=O) groups is 1. The van der Waals surface area contributed by atoms with E-state index in [1.165, 1.54) is 6.07 Å². The van der Waals surface area contributed by atoms with Crippen molar-refractivity contribution < 1.29 is 32.5 Å². The quantitative estimate of drug-likeness (QED) is 0.821. The zero-order valence-electron chi connectivity index (χ0n) is 11.7. The van der Waals surface area contributed by atoms with Crippen LogP contribution in [0.25, 0.3) is 0 Å². The molecule has 1 N–H and O–H groups in total. The average molecular weight is 306 g/mol. The van der Waals surface area contributed by atoms with E-state index in [0.717, 1.165) is 12.1 Å². The Bertz CT molecular complexity index is 486. The number of aliphatic hydroxyl groups excluding tert-OH is 1. The van der Waals surface area contributed by atoms with Gasteiger partial charge in [0.15, 0.2) is 6.10 Å². The van der Waals surface area contributed by atoms with Crippen molar-refractivity contribution >= 4 is 5.97 Å². The van der Waals surface area contributed by atoms with Gasteiger partial charge in [-0.25, -0.2) is 4.79 Å². The molecule has 0 saturated carbocycles. The summed E-state index contributed by atoms with van der Waals surface area (Å²) in [6, 6.07) is 3.20. The minimum absolute atomic E-state index is 0.110. The van der Waals surface area contributed by atoms with Crippen LogP contribution in [0, 0.1) is 0 Å². The number of alkyl halides is 3. The zero-order valence-corrected chi connectivity index (χ0v) is 11.7. The van der Waals surface area contributed by atoms with Crippen LogP contribution in [0.2, 0.25) is 0 Å². The lowest BCUT2D eigenvalue weighted by atomic mass is 10.1. The van der Waals surface area contributed by atoms with Crippen LogP contribution in [0.15, 0.2) is 18.2 Å². The number of benzene rings is 1. The molecule has 1 aromatic carbocycles. The molecular formula is C14H17F3O4.